The second kappa shape index (κ2) is 9.07. The Balaban J connectivity index is 1.47. The molecule has 162 valence electrons. The molecule has 0 radical (unpaired) electrons. The molecule has 0 saturated heterocycles. The zero-order valence-electron chi connectivity index (χ0n) is 17.3. The third-order valence-corrected chi connectivity index (χ3v) is 6.12. The van der Waals surface area contributed by atoms with Crippen molar-refractivity contribution >= 4 is 38.2 Å². The molecule has 8 heteroatoms. The highest BCUT2D eigenvalue weighted by Gasteiger charge is 2.15. The number of rotatable bonds is 7. The van der Waals surface area contributed by atoms with Crippen molar-refractivity contribution in [2.45, 2.75) is 11.8 Å². The van der Waals surface area contributed by atoms with Crippen LogP contribution in [0, 0.1) is 0 Å². The summed E-state index contributed by atoms with van der Waals surface area (Å²) in [6, 6.07) is 21.7. The van der Waals surface area contributed by atoms with E-state index in [1.54, 1.807) is 48.7 Å². The molecule has 0 unspecified atom stereocenters. The lowest BCUT2D eigenvalue weighted by atomic mass is 10.1. The van der Waals surface area contributed by atoms with Crippen molar-refractivity contribution in [2.75, 3.05) is 16.6 Å². The zero-order valence-corrected chi connectivity index (χ0v) is 18.1. The van der Waals surface area contributed by atoms with E-state index in [0.29, 0.717) is 34.8 Å². The van der Waals surface area contributed by atoms with Gasteiger partial charge in [0.1, 0.15) is 5.75 Å². The quantitative estimate of drug-likeness (QED) is 0.428. The summed E-state index contributed by atoms with van der Waals surface area (Å²) in [7, 11) is -3.77. The van der Waals surface area contributed by atoms with Gasteiger partial charge in [-0.15, -0.1) is 0 Å². The molecule has 1 aromatic heterocycles. The molecule has 0 spiro atoms. The number of amides is 1. The van der Waals surface area contributed by atoms with Gasteiger partial charge in [-0.05, 0) is 67.6 Å². The molecule has 1 amide bonds. The van der Waals surface area contributed by atoms with Gasteiger partial charge < -0.3 is 10.1 Å². The maximum absolute atomic E-state index is 12.7. The molecule has 0 saturated carbocycles. The molecule has 3 aromatic carbocycles. The number of ether oxygens (including phenoxy) is 1. The Hall–Kier alpha value is -3.91. The molecule has 0 aliphatic carbocycles. The maximum Gasteiger partial charge on any atom is 0.261 e. The minimum atomic E-state index is -3.77. The number of aromatic nitrogens is 1. The van der Waals surface area contributed by atoms with E-state index in [0.717, 1.165) is 5.39 Å². The van der Waals surface area contributed by atoms with Gasteiger partial charge in [0, 0.05) is 22.8 Å². The highest BCUT2D eigenvalue weighted by Crippen LogP contribution is 2.23. The van der Waals surface area contributed by atoms with Crippen LogP contribution in [0.5, 0.6) is 5.75 Å². The van der Waals surface area contributed by atoms with Crippen molar-refractivity contribution in [3.8, 4) is 5.75 Å². The molecule has 4 rings (SSSR count). The largest absolute Gasteiger partial charge is 0.494 e. The topological polar surface area (TPSA) is 97.4 Å². The number of para-hydroxylation sites is 1. The molecule has 1 heterocycles. The zero-order chi connectivity index (χ0) is 22.6. The van der Waals surface area contributed by atoms with Gasteiger partial charge in [0.25, 0.3) is 15.9 Å². The average molecular weight is 448 g/mol. The Kier molecular flexibility index (Phi) is 6.04. The smallest absolute Gasteiger partial charge is 0.261 e. The van der Waals surface area contributed by atoms with Gasteiger partial charge in [-0.2, -0.15) is 0 Å². The molecule has 0 bridgehead atoms. The number of hydrogen-bond donors (Lipinski definition) is 2. The minimum absolute atomic E-state index is 0.117. The Morgan fingerprint density at radius 3 is 2.38 bits per heavy atom. The number of fused-ring (bicyclic) bond motifs is 1. The predicted molar refractivity (Wildman–Crippen MR) is 125 cm³/mol. The van der Waals surface area contributed by atoms with Crippen molar-refractivity contribution < 1.29 is 17.9 Å². The second-order valence-corrected chi connectivity index (χ2v) is 8.60. The van der Waals surface area contributed by atoms with Gasteiger partial charge in [-0.1, -0.05) is 18.2 Å². The summed E-state index contributed by atoms with van der Waals surface area (Å²) in [5.41, 5.74) is 2.04. The number of sulfonamides is 1. The summed E-state index contributed by atoms with van der Waals surface area (Å²) in [5.74, 6) is 0.285. The lowest BCUT2D eigenvalue weighted by Gasteiger charge is -2.11. The molecule has 4 aromatic rings. The van der Waals surface area contributed by atoms with Crippen LogP contribution in [0.15, 0.2) is 90.0 Å². The van der Waals surface area contributed by atoms with Crippen LogP contribution in [0.25, 0.3) is 10.9 Å². The molecule has 0 aliphatic heterocycles. The first-order valence-electron chi connectivity index (χ1n) is 9.97. The molecular weight excluding hydrogens is 426 g/mol. The van der Waals surface area contributed by atoms with Crippen LogP contribution in [0.1, 0.15) is 17.3 Å². The Morgan fingerprint density at radius 1 is 0.938 bits per heavy atom. The Labute approximate surface area is 186 Å². The molecule has 0 fully saturated rings. The number of hydrogen-bond acceptors (Lipinski definition) is 5. The number of nitrogens with zero attached hydrogens (tertiary/aromatic N) is 1. The normalized spacial score (nSPS) is 11.2. The summed E-state index contributed by atoms with van der Waals surface area (Å²) >= 11 is 0. The lowest BCUT2D eigenvalue weighted by Crippen LogP contribution is -2.14. The molecule has 0 atom stereocenters. The van der Waals surface area contributed by atoms with Crippen LogP contribution < -0.4 is 14.8 Å². The fourth-order valence-corrected chi connectivity index (χ4v) is 4.24. The summed E-state index contributed by atoms with van der Waals surface area (Å²) in [4.78, 5) is 17.1. The van der Waals surface area contributed by atoms with Crippen LogP contribution in [-0.2, 0) is 10.0 Å². The third kappa shape index (κ3) is 4.70. The van der Waals surface area contributed by atoms with E-state index < -0.39 is 10.0 Å². The second-order valence-electron chi connectivity index (χ2n) is 6.92. The molecular formula is C24H21N3O4S. The minimum Gasteiger partial charge on any atom is -0.494 e. The van der Waals surface area contributed by atoms with Gasteiger partial charge >= 0.3 is 0 Å². The van der Waals surface area contributed by atoms with Crippen LogP contribution in [0.3, 0.4) is 0 Å². The van der Waals surface area contributed by atoms with Crippen LogP contribution >= 0.6 is 0 Å². The van der Waals surface area contributed by atoms with E-state index in [1.165, 1.54) is 12.1 Å². The summed E-state index contributed by atoms with van der Waals surface area (Å²) in [6.07, 6.45) is 1.67. The van der Waals surface area contributed by atoms with Gasteiger partial charge in [0.2, 0.25) is 0 Å². The van der Waals surface area contributed by atoms with Crippen LogP contribution in [-0.4, -0.2) is 25.9 Å². The highest BCUT2D eigenvalue weighted by molar-refractivity contribution is 7.92. The predicted octanol–water partition coefficient (Wildman–Crippen LogP) is 4.69. The Morgan fingerprint density at radius 2 is 1.66 bits per heavy atom. The van der Waals surface area contributed by atoms with Gasteiger partial charge in [-0.3, -0.25) is 14.5 Å². The summed E-state index contributed by atoms with van der Waals surface area (Å²) < 4.78 is 33.1. The molecule has 0 aliphatic rings. The monoisotopic (exact) mass is 447 g/mol. The summed E-state index contributed by atoms with van der Waals surface area (Å²) in [5, 5.41) is 3.78. The standard InChI is InChI=1S/C24H21N3O4S/c1-2-31-20-12-14-21(15-13-20)32(29,30)27-19-10-8-18(9-11-19)24(28)26-22-7-3-5-17-6-4-16-25-23(17)22/h3-16,27H,2H2,1H3,(H,26,28). The van der Waals surface area contributed by atoms with E-state index in [2.05, 4.69) is 15.0 Å². The third-order valence-electron chi connectivity index (χ3n) is 4.73. The van der Waals surface area contributed by atoms with E-state index >= 15 is 0 Å². The van der Waals surface area contributed by atoms with Crippen molar-refractivity contribution in [2.24, 2.45) is 0 Å². The van der Waals surface area contributed by atoms with Crippen molar-refractivity contribution in [1.29, 1.82) is 0 Å². The number of carbonyl (C=O) groups excluding carboxylic acids is 1. The van der Waals surface area contributed by atoms with Gasteiger partial charge in [0.15, 0.2) is 0 Å². The van der Waals surface area contributed by atoms with Crippen molar-refractivity contribution in [1.82, 2.24) is 4.98 Å². The average Bonchev–Trinajstić information content (AvgIpc) is 2.80. The lowest BCUT2D eigenvalue weighted by molar-refractivity contribution is 0.102. The highest BCUT2D eigenvalue weighted by atomic mass is 32.2. The fourth-order valence-electron chi connectivity index (χ4n) is 3.18. The SMILES string of the molecule is CCOc1ccc(S(=O)(=O)Nc2ccc(C(=O)Nc3cccc4cccnc34)cc2)cc1. The number of anilines is 2. The first-order valence-corrected chi connectivity index (χ1v) is 11.5. The number of carbonyl (C=O) groups is 1. The van der Waals surface area contributed by atoms with E-state index in [1.807, 2.05) is 31.2 Å². The molecule has 32 heavy (non-hydrogen) atoms. The Bertz CT molecular complexity index is 1350. The van der Waals surface area contributed by atoms with E-state index in [4.69, 9.17) is 4.74 Å². The first kappa shape index (κ1) is 21.3. The van der Waals surface area contributed by atoms with Crippen LogP contribution in [0.4, 0.5) is 11.4 Å². The van der Waals surface area contributed by atoms with Crippen LogP contribution in [0.2, 0.25) is 0 Å². The summed E-state index contributed by atoms with van der Waals surface area (Å²) in [6.45, 7) is 2.36. The molecule has 7 nitrogen and oxygen atoms in total. The number of pyridine rings is 1. The molecule has 2 N–H and O–H groups in total. The maximum atomic E-state index is 12.7. The van der Waals surface area contributed by atoms with Gasteiger partial charge in [0.05, 0.1) is 22.7 Å². The fraction of sp³-hybridized carbons (Fsp3) is 0.0833. The van der Waals surface area contributed by atoms with Gasteiger partial charge in [-0.25, -0.2) is 8.42 Å². The van der Waals surface area contributed by atoms with Crippen molar-refractivity contribution in [3.05, 3.63) is 90.6 Å². The van der Waals surface area contributed by atoms with E-state index in [-0.39, 0.29) is 10.8 Å². The van der Waals surface area contributed by atoms with E-state index in [9.17, 15) is 13.2 Å². The number of nitrogens with one attached hydrogen (secondary N) is 2. The van der Waals surface area contributed by atoms with Crippen molar-refractivity contribution in [3.63, 3.8) is 0 Å². The number of benzene rings is 3. The first-order chi connectivity index (χ1) is 15.5.